The third kappa shape index (κ3) is 4.37. The molecule has 8 heteroatoms. The zero-order valence-corrected chi connectivity index (χ0v) is 15.7. The molecular weight excluding hydrogens is 406 g/mol. The molecule has 3 rings (SSSR count). The largest absolute Gasteiger partial charge is 0.376 e. The van der Waals surface area contributed by atoms with Crippen LogP contribution < -0.4 is 10.6 Å². The number of halogens is 2. The number of carbonyl (C=O) groups is 1. The third-order valence-electron chi connectivity index (χ3n) is 3.51. The molecule has 0 aliphatic heterocycles. The van der Waals surface area contributed by atoms with Crippen LogP contribution in [0, 0.1) is 6.92 Å². The Morgan fingerprint density at radius 2 is 2.12 bits per heavy atom. The minimum absolute atomic E-state index is 0.129. The molecule has 0 aliphatic rings. The van der Waals surface area contributed by atoms with Crippen LogP contribution in [0.2, 0.25) is 5.02 Å². The molecule has 25 heavy (non-hydrogen) atoms. The van der Waals surface area contributed by atoms with Crippen LogP contribution in [0.5, 0.6) is 0 Å². The molecule has 0 bridgehead atoms. The van der Waals surface area contributed by atoms with E-state index in [1.54, 1.807) is 29.2 Å². The molecule has 0 fully saturated rings. The minimum Gasteiger partial charge on any atom is -0.376 e. The zero-order valence-electron chi connectivity index (χ0n) is 13.3. The van der Waals surface area contributed by atoms with Gasteiger partial charge < -0.3 is 10.6 Å². The van der Waals surface area contributed by atoms with E-state index < -0.39 is 0 Å². The quantitative estimate of drug-likeness (QED) is 0.653. The van der Waals surface area contributed by atoms with E-state index in [4.69, 9.17) is 11.6 Å². The molecule has 0 saturated carbocycles. The Morgan fingerprint density at radius 1 is 1.28 bits per heavy atom. The van der Waals surface area contributed by atoms with Gasteiger partial charge in [-0.15, -0.1) is 0 Å². The highest BCUT2D eigenvalue weighted by Crippen LogP contribution is 2.24. The van der Waals surface area contributed by atoms with E-state index in [9.17, 15) is 4.79 Å². The van der Waals surface area contributed by atoms with Crippen LogP contribution in [0.4, 0.5) is 11.4 Å². The number of nitrogens with zero attached hydrogens (tertiary/aromatic N) is 3. The fourth-order valence-corrected chi connectivity index (χ4v) is 2.69. The van der Waals surface area contributed by atoms with Gasteiger partial charge in [0.15, 0.2) is 0 Å². The number of anilines is 2. The van der Waals surface area contributed by atoms with E-state index in [0.29, 0.717) is 16.4 Å². The molecule has 0 atom stereocenters. The summed E-state index contributed by atoms with van der Waals surface area (Å²) in [5.41, 5.74) is 3.22. The molecule has 1 aromatic heterocycles. The molecule has 6 nitrogen and oxygen atoms in total. The number of hydrogen-bond acceptors (Lipinski definition) is 4. The van der Waals surface area contributed by atoms with E-state index in [1.807, 2.05) is 25.1 Å². The van der Waals surface area contributed by atoms with E-state index in [1.165, 1.54) is 6.33 Å². The summed E-state index contributed by atoms with van der Waals surface area (Å²) >= 11 is 9.50. The summed E-state index contributed by atoms with van der Waals surface area (Å²) < 4.78 is 2.59. The van der Waals surface area contributed by atoms with Crippen molar-refractivity contribution in [3.8, 4) is 5.69 Å². The number of benzene rings is 2. The molecule has 2 aromatic carbocycles. The van der Waals surface area contributed by atoms with E-state index in [-0.39, 0.29) is 12.5 Å². The SMILES string of the molecule is Cc1cc(NCC(=O)Nc2cc(Cl)ccc2-n2cncn2)ccc1Br. The van der Waals surface area contributed by atoms with Gasteiger partial charge in [-0.2, -0.15) is 5.10 Å². The Balaban J connectivity index is 1.70. The lowest BCUT2D eigenvalue weighted by atomic mass is 10.2. The Bertz CT molecular complexity index is 898. The zero-order chi connectivity index (χ0) is 17.8. The smallest absolute Gasteiger partial charge is 0.243 e. The number of nitrogens with one attached hydrogen (secondary N) is 2. The Labute approximate surface area is 158 Å². The van der Waals surface area contributed by atoms with Crippen LogP contribution in [0.1, 0.15) is 5.56 Å². The molecule has 1 heterocycles. The highest BCUT2D eigenvalue weighted by Gasteiger charge is 2.10. The standard InChI is InChI=1S/C17H15BrClN5O/c1-11-6-13(3-4-14(11)18)21-8-17(25)23-15-7-12(19)2-5-16(15)24-10-20-9-22-24/h2-7,9-10,21H,8H2,1H3,(H,23,25). The average Bonchev–Trinajstić information content (AvgIpc) is 3.10. The van der Waals surface area contributed by atoms with Gasteiger partial charge in [-0.05, 0) is 48.9 Å². The maximum Gasteiger partial charge on any atom is 0.243 e. The van der Waals surface area contributed by atoms with Crippen LogP contribution in [-0.2, 0) is 4.79 Å². The fourth-order valence-electron chi connectivity index (χ4n) is 2.27. The Kier molecular flexibility index (Phi) is 5.35. The van der Waals surface area contributed by atoms with Crippen molar-refractivity contribution in [3.05, 3.63) is 64.1 Å². The number of aryl methyl sites for hydroxylation is 1. The summed E-state index contributed by atoms with van der Waals surface area (Å²) in [6.45, 7) is 2.12. The second kappa shape index (κ2) is 7.67. The second-order valence-electron chi connectivity index (χ2n) is 5.37. The van der Waals surface area contributed by atoms with Crippen LogP contribution in [0.25, 0.3) is 5.69 Å². The summed E-state index contributed by atoms with van der Waals surface area (Å²) in [4.78, 5) is 16.2. The lowest BCUT2D eigenvalue weighted by Gasteiger charge is -2.12. The maximum absolute atomic E-state index is 12.3. The number of aromatic nitrogens is 3. The predicted octanol–water partition coefficient (Wildman–Crippen LogP) is 4.04. The van der Waals surface area contributed by atoms with Crippen LogP contribution in [0.3, 0.4) is 0 Å². The minimum atomic E-state index is -0.191. The summed E-state index contributed by atoms with van der Waals surface area (Å²) in [7, 11) is 0. The van der Waals surface area contributed by atoms with Gasteiger partial charge in [0.25, 0.3) is 0 Å². The predicted molar refractivity (Wildman–Crippen MR) is 102 cm³/mol. The van der Waals surface area contributed by atoms with Crippen molar-refractivity contribution in [3.63, 3.8) is 0 Å². The monoisotopic (exact) mass is 419 g/mol. The van der Waals surface area contributed by atoms with E-state index in [2.05, 4.69) is 36.6 Å². The highest BCUT2D eigenvalue weighted by molar-refractivity contribution is 9.10. The Hall–Kier alpha value is -2.38. The molecule has 3 aromatic rings. The first-order valence-corrected chi connectivity index (χ1v) is 8.64. The normalized spacial score (nSPS) is 10.5. The Morgan fingerprint density at radius 3 is 2.84 bits per heavy atom. The van der Waals surface area contributed by atoms with Crippen molar-refractivity contribution in [1.29, 1.82) is 0 Å². The summed E-state index contributed by atoms with van der Waals surface area (Å²) in [5, 5.41) is 10.6. The molecule has 1 amide bonds. The first-order chi connectivity index (χ1) is 12.0. The van der Waals surface area contributed by atoms with Crippen molar-refractivity contribution in [2.45, 2.75) is 6.92 Å². The van der Waals surface area contributed by atoms with Crippen molar-refractivity contribution in [2.75, 3.05) is 17.2 Å². The molecule has 0 unspecified atom stereocenters. The number of rotatable bonds is 5. The van der Waals surface area contributed by atoms with Crippen LogP contribution >= 0.6 is 27.5 Å². The number of hydrogen-bond donors (Lipinski definition) is 2. The van der Waals surface area contributed by atoms with Gasteiger partial charge >= 0.3 is 0 Å². The number of carbonyl (C=O) groups excluding carboxylic acids is 1. The molecule has 0 saturated heterocycles. The van der Waals surface area contributed by atoms with Crippen molar-refractivity contribution in [2.24, 2.45) is 0 Å². The van der Waals surface area contributed by atoms with E-state index >= 15 is 0 Å². The highest BCUT2D eigenvalue weighted by atomic mass is 79.9. The summed E-state index contributed by atoms with van der Waals surface area (Å²) in [6.07, 6.45) is 2.99. The topological polar surface area (TPSA) is 71.8 Å². The first-order valence-electron chi connectivity index (χ1n) is 7.47. The molecule has 0 radical (unpaired) electrons. The lowest BCUT2D eigenvalue weighted by molar-refractivity contribution is -0.114. The molecule has 2 N–H and O–H groups in total. The van der Waals surface area contributed by atoms with Crippen molar-refractivity contribution < 1.29 is 4.79 Å². The van der Waals surface area contributed by atoms with Gasteiger partial charge in [-0.3, -0.25) is 4.79 Å². The first kappa shape index (κ1) is 17.4. The van der Waals surface area contributed by atoms with Gasteiger partial charge in [-0.25, -0.2) is 9.67 Å². The fraction of sp³-hybridized carbons (Fsp3) is 0.118. The van der Waals surface area contributed by atoms with Gasteiger partial charge in [0, 0.05) is 15.2 Å². The molecule has 128 valence electrons. The summed E-state index contributed by atoms with van der Waals surface area (Å²) in [6, 6.07) is 11.0. The van der Waals surface area contributed by atoms with Crippen LogP contribution in [0.15, 0.2) is 53.5 Å². The molecule has 0 spiro atoms. The van der Waals surface area contributed by atoms with Gasteiger partial charge in [0.05, 0.1) is 17.9 Å². The van der Waals surface area contributed by atoms with Crippen LogP contribution in [-0.4, -0.2) is 27.2 Å². The molecule has 0 aliphatic carbocycles. The van der Waals surface area contributed by atoms with Gasteiger partial charge in [-0.1, -0.05) is 27.5 Å². The lowest BCUT2D eigenvalue weighted by Crippen LogP contribution is -2.22. The van der Waals surface area contributed by atoms with Gasteiger partial charge in [0.1, 0.15) is 12.7 Å². The molecular formula is C17H15BrClN5O. The van der Waals surface area contributed by atoms with E-state index in [0.717, 1.165) is 15.7 Å². The second-order valence-corrected chi connectivity index (χ2v) is 6.66. The maximum atomic E-state index is 12.3. The summed E-state index contributed by atoms with van der Waals surface area (Å²) in [5.74, 6) is -0.191. The number of amides is 1. The van der Waals surface area contributed by atoms with Crippen molar-refractivity contribution >= 4 is 44.8 Å². The van der Waals surface area contributed by atoms with Crippen molar-refractivity contribution in [1.82, 2.24) is 14.8 Å². The van der Waals surface area contributed by atoms with Gasteiger partial charge in [0.2, 0.25) is 5.91 Å². The average molecular weight is 421 g/mol. The third-order valence-corrected chi connectivity index (χ3v) is 4.63.